The number of benzene rings is 2. The van der Waals surface area contributed by atoms with Gasteiger partial charge < -0.3 is 5.32 Å². The van der Waals surface area contributed by atoms with E-state index in [0.717, 1.165) is 16.8 Å². The first-order chi connectivity index (χ1) is 12.6. The van der Waals surface area contributed by atoms with Crippen molar-refractivity contribution in [2.75, 3.05) is 5.32 Å². The number of hydrogen-bond donors (Lipinski definition) is 1. The minimum absolute atomic E-state index is 0.225. The molecule has 0 aliphatic carbocycles. The molecule has 0 saturated carbocycles. The molecular formula is C21H16FN3O. The molecule has 2 heterocycles. The smallest absolute Gasteiger partial charge is 0.256 e. The van der Waals surface area contributed by atoms with Crippen molar-refractivity contribution >= 4 is 17.4 Å². The molecule has 1 amide bonds. The Bertz CT molecular complexity index is 1090. The van der Waals surface area contributed by atoms with Crippen molar-refractivity contribution in [3.05, 3.63) is 89.9 Å². The zero-order valence-electron chi connectivity index (χ0n) is 14.1. The summed E-state index contributed by atoms with van der Waals surface area (Å²) in [6.07, 6.45) is 1.85. The van der Waals surface area contributed by atoms with Gasteiger partial charge in [0, 0.05) is 17.3 Å². The van der Waals surface area contributed by atoms with E-state index in [-0.39, 0.29) is 11.7 Å². The Labute approximate surface area is 149 Å². The maximum absolute atomic E-state index is 13.3. The average Bonchev–Trinajstić information content (AvgIpc) is 3.03. The summed E-state index contributed by atoms with van der Waals surface area (Å²) in [4.78, 5) is 17.4. The van der Waals surface area contributed by atoms with Gasteiger partial charge in [-0.05, 0) is 55.0 Å². The third-order valence-corrected chi connectivity index (χ3v) is 4.23. The molecule has 2 aromatic carbocycles. The van der Waals surface area contributed by atoms with Crippen LogP contribution in [0.25, 0.3) is 16.9 Å². The number of nitrogens with one attached hydrogen (secondary N) is 1. The highest BCUT2D eigenvalue weighted by Gasteiger charge is 2.18. The van der Waals surface area contributed by atoms with Crippen molar-refractivity contribution in [2.45, 2.75) is 6.92 Å². The van der Waals surface area contributed by atoms with E-state index in [9.17, 15) is 9.18 Å². The van der Waals surface area contributed by atoms with E-state index in [1.165, 1.54) is 12.1 Å². The van der Waals surface area contributed by atoms with Crippen molar-refractivity contribution in [2.24, 2.45) is 0 Å². The van der Waals surface area contributed by atoms with Crippen LogP contribution in [0, 0.1) is 12.7 Å². The second kappa shape index (κ2) is 6.44. The van der Waals surface area contributed by atoms with E-state index >= 15 is 0 Å². The summed E-state index contributed by atoms with van der Waals surface area (Å²) >= 11 is 0. The quantitative estimate of drug-likeness (QED) is 0.585. The number of aryl methyl sites for hydroxylation is 1. The molecule has 4 nitrogen and oxygen atoms in total. The van der Waals surface area contributed by atoms with E-state index < -0.39 is 0 Å². The first kappa shape index (κ1) is 16.0. The highest BCUT2D eigenvalue weighted by Crippen LogP contribution is 2.30. The van der Waals surface area contributed by atoms with E-state index in [1.54, 1.807) is 24.3 Å². The van der Waals surface area contributed by atoms with Crippen molar-refractivity contribution in [3.8, 4) is 11.3 Å². The second-order valence-electron chi connectivity index (χ2n) is 6.02. The van der Waals surface area contributed by atoms with Gasteiger partial charge in [0.15, 0.2) is 0 Å². The summed E-state index contributed by atoms with van der Waals surface area (Å²) in [5, 5.41) is 2.96. The standard InChI is InChI=1S/C21H16FN3O/c1-14-6-5-13-25-19(14)23-18(15-9-11-17(22)12-10-15)20(25)24-21(26)16-7-3-2-4-8-16/h2-13H,1H3,(H,24,26). The van der Waals surface area contributed by atoms with E-state index in [4.69, 9.17) is 0 Å². The molecule has 1 N–H and O–H groups in total. The zero-order valence-corrected chi connectivity index (χ0v) is 14.1. The van der Waals surface area contributed by atoms with Crippen molar-refractivity contribution < 1.29 is 9.18 Å². The van der Waals surface area contributed by atoms with Gasteiger partial charge in [-0.15, -0.1) is 0 Å². The Morgan fingerprint density at radius 2 is 1.73 bits per heavy atom. The van der Waals surface area contributed by atoms with E-state index in [2.05, 4.69) is 10.3 Å². The van der Waals surface area contributed by atoms with Crippen molar-refractivity contribution in [1.82, 2.24) is 9.38 Å². The number of rotatable bonds is 3. The first-order valence-electron chi connectivity index (χ1n) is 8.23. The van der Waals surface area contributed by atoms with Crippen LogP contribution in [0.5, 0.6) is 0 Å². The third kappa shape index (κ3) is 2.84. The fourth-order valence-corrected chi connectivity index (χ4v) is 2.90. The topological polar surface area (TPSA) is 46.4 Å². The molecule has 0 radical (unpaired) electrons. The molecule has 0 unspecified atom stereocenters. The monoisotopic (exact) mass is 345 g/mol. The minimum atomic E-state index is -0.316. The minimum Gasteiger partial charge on any atom is -0.306 e. The summed E-state index contributed by atoms with van der Waals surface area (Å²) in [6.45, 7) is 1.96. The maximum Gasteiger partial charge on any atom is 0.256 e. The number of carbonyl (C=O) groups is 1. The van der Waals surface area contributed by atoms with Gasteiger partial charge in [0.05, 0.1) is 0 Å². The van der Waals surface area contributed by atoms with E-state index in [1.807, 2.05) is 47.9 Å². The van der Waals surface area contributed by atoms with Crippen LogP contribution < -0.4 is 5.32 Å². The SMILES string of the molecule is Cc1cccn2c(NC(=O)c3ccccc3)c(-c3ccc(F)cc3)nc12. The van der Waals surface area contributed by atoms with Crippen LogP contribution in [0.4, 0.5) is 10.2 Å². The van der Waals surface area contributed by atoms with Gasteiger partial charge in [-0.25, -0.2) is 9.37 Å². The lowest BCUT2D eigenvalue weighted by Crippen LogP contribution is -2.14. The lowest BCUT2D eigenvalue weighted by Gasteiger charge is -2.08. The largest absolute Gasteiger partial charge is 0.306 e. The number of nitrogens with zero attached hydrogens (tertiary/aromatic N) is 2. The van der Waals surface area contributed by atoms with Gasteiger partial charge in [0.2, 0.25) is 0 Å². The third-order valence-electron chi connectivity index (χ3n) is 4.23. The summed E-state index contributed by atoms with van der Waals surface area (Å²) in [6, 6.07) is 18.9. The van der Waals surface area contributed by atoms with Crippen LogP contribution in [-0.4, -0.2) is 15.3 Å². The maximum atomic E-state index is 13.3. The Morgan fingerprint density at radius 3 is 2.46 bits per heavy atom. The predicted octanol–water partition coefficient (Wildman–Crippen LogP) is 4.70. The highest BCUT2D eigenvalue weighted by atomic mass is 19.1. The molecule has 0 saturated heterocycles. The van der Waals surface area contributed by atoms with Crippen LogP contribution in [0.2, 0.25) is 0 Å². The highest BCUT2D eigenvalue weighted by molar-refractivity contribution is 6.05. The molecule has 4 aromatic rings. The molecule has 26 heavy (non-hydrogen) atoms. The summed E-state index contributed by atoms with van der Waals surface area (Å²) in [5.41, 5.74) is 3.62. The molecule has 5 heteroatoms. The number of pyridine rings is 1. The predicted molar refractivity (Wildman–Crippen MR) is 99.7 cm³/mol. The number of aromatic nitrogens is 2. The Morgan fingerprint density at radius 1 is 1.00 bits per heavy atom. The first-order valence-corrected chi connectivity index (χ1v) is 8.23. The van der Waals surface area contributed by atoms with Gasteiger partial charge in [0.25, 0.3) is 5.91 Å². The average molecular weight is 345 g/mol. The molecule has 0 aliphatic rings. The fraction of sp³-hybridized carbons (Fsp3) is 0.0476. The van der Waals surface area contributed by atoms with Crippen LogP contribution in [-0.2, 0) is 0 Å². The van der Waals surface area contributed by atoms with Gasteiger partial charge >= 0.3 is 0 Å². The summed E-state index contributed by atoms with van der Waals surface area (Å²) in [7, 11) is 0. The Kier molecular flexibility index (Phi) is 3.97. The number of amides is 1. The number of anilines is 1. The zero-order chi connectivity index (χ0) is 18.1. The number of halogens is 1. The van der Waals surface area contributed by atoms with Gasteiger partial charge in [-0.1, -0.05) is 24.3 Å². The van der Waals surface area contributed by atoms with Crippen molar-refractivity contribution in [3.63, 3.8) is 0 Å². The fourth-order valence-electron chi connectivity index (χ4n) is 2.90. The van der Waals surface area contributed by atoms with E-state index in [0.29, 0.717) is 17.1 Å². The number of fused-ring (bicyclic) bond motifs is 1. The molecule has 0 spiro atoms. The second-order valence-corrected chi connectivity index (χ2v) is 6.02. The molecule has 4 rings (SSSR count). The molecule has 0 fully saturated rings. The van der Waals surface area contributed by atoms with Crippen molar-refractivity contribution in [1.29, 1.82) is 0 Å². The number of carbonyl (C=O) groups excluding carboxylic acids is 1. The molecule has 0 aliphatic heterocycles. The Balaban J connectivity index is 1.86. The lowest BCUT2D eigenvalue weighted by atomic mass is 10.1. The van der Waals surface area contributed by atoms with Crippen LogP contribution in [0.15, 0.2) is 72.9 Å². The van der Waals surface area contributed by atoms with Crippen LogP contribution >= 0.6 is 0 Å². The van der Waals surface area contributed by atoms with Crippen LogP contribution in [0.1, 0.15) is 15.9 Å². The lowest BCUT2D eigenvalue weighted by molar-refractivity contribution is 0.102. The number of hydrogen-bond acceptors (Lipinski definition) is 2. The molecular weight excluding hydrogens is 329 g/mol. The molecule has 0 atom stereocenters. The van der Waals surface area contributed by atoms with Gasteiger partial charge in [0.1, 0.15) is 23.0 Å². The van der Waals surface area contributed by atoms with Crippen LogP contribution in [0.3, 0.4) is 0 Å². The summed E-state index contributed by atoms with van der Waals surface area (Å²) in [5.74, 6) is 0.0185. The molecule has 2 aromatic heterocycles. The number of imidazole rings is 1. The molecule has 128 valence electrons. The Hall–Kier alpha value is -3.47. The van der Waals surface area contributed by atoms with Gasteiger partial charge in [-0.3, -0.25) is 9.20 Å². The summed E-state index contributed by atoms with van der Waals surface area (Å²) < 4.78 is 15.1. The molecule has 0 bridgehead atoms. The normalized spacial score (nSPS) is 10.8. The van der Waals surface area contributed by atoms with Gasteiger partial charge in [-0.2, -0.15) is 0 Å².